The largest absolute Gasteiger partial charge is 0.354 e. The third kappa shape index (κ3) is 2.33. The first-order valence-electron chi connectivity index (χ1n) is 7.36. The minimum atomic E-state index is -0.204. The normalized spacial score (nSPS) is 31.7. The summed E-state index contributed by atoms with van der Waals surface area (Å²) in [7, 11) is 0. The van der Waals surface area contributed by atoms with Crippen molar-refractivity contribution < 1.29 is 4.79 Å². The van der Waals surface area contributed by atoms with Gasteiger partial charge in [-0.05, 0) is 25.7 Å². The molecular formula is C14H21ClN4O. The standard InChI is InChI=1S/C14H21ClN4O/c1-2-14(7-11-3-4-12(14)18-11)13(20)16-5-6-19-9-10(15)8-17-19/h8-9,11-12,18H,2-7H2,1H3,(H,16,20)/t11-,12+,14+/m0/s1. The number of nitrogens with one attached hydrogen (secondary N) is 2. The Labute approximate surface area is 124 Å². The molecule has 3 heterocycles. The highest BCUT2D eigenvalue weighted by Crippen LogP contribution is 2.45. The van der Waals surface area contributed by atoms with Crippen LogP contribution in [-0.4, -0.2) is 34.3 Å². The molecule has 1 aromatic rings. The van der Waals surface area contributed by atoms with Crippen LogP contribution < -0.4 is 10.6 Å². The summed E-state index contributed by atoms with van der Waals surface area (Å²) in [6.45, 7) is 3.37. The minimum Gasteiger partial charge on any atom is -0.354 e. The van der Waals surface area contributed by atoms with Gasteiger partial charge in [0.25, 0.3) is 0 Å². The van der Waals surface area contributed by atoms with Crippen molar-refractivity contribution in [2.75, 3.05) is 6.54 Å². The van der Waals surface area contributed by atoms with Crippen molar-refractivity contribution in [2.24, 2.45) is 5.41 Å². The van der Waals surface area contributed by atoms with Crippen molar-refractivity contribution in [3.05, 3.63) is 17.4 Å². The summed E-state index contributed by atoms with van der Waals surface area (Å²) in [5.41, 5.74) is -0.204. The van der Waals surface area contributed by atoms with E-state index in [2.05, 4.69) is 22.7 Å². The molecule has 3 rings (SSSR count). The van der Waals surface area contributed by atoms with Gasteiger partial charge >= 0.3 is 0 Å². The van der Waals surface area contributed by atoms with E-state index in [9.17, 15) is 4.79 Å². The molecule has 0 unspecified atom stereocenters. The van der Waals surface area contributed by atoms with Crippen LogP contribution in [0.25, 0.3) is 0 Å². The number of halogens is 1. The molecule has 6 heteroatoms. The number of carbonyl (C=O) groups is 1. The van der Waals surface area contributed by atoms with Crippen LogP contribution in [-0.2, 0) is 11.3 Å². The first-order chi connectivity index (χ1) is 9.64. The Kier molecular flexibility index (Phi) is 3.73. The van der Waals surface area contributed by atoms with E-state index in [-0.39, 0.29) is 11.3 Å². The molecule has 5 nitrogen and oxygen atoms in total. The lowest BCUT2D eigenvalue weighted by Crippen LogP contribution is -2.48. The van der Waals surface area contributed by atoms with E-state index < -0.39 is 0 Å². The van der Waals surface area contributed by atoms with Gasteiger partial charge in [-0.3, -0.25) is 9.48 Å². The second-order valence-electron chi connectivity index (χ2n) is 5.88. The third-order valence-corrected chi connectivity index (χ3v) is 5.02. The Bertz CT molecular complexity index is 503. The molecule has 2 aliphatic heterocycles. The van der Waals surface area contributed by atoms with Crippen molar-refractivity contribution in [3.8, 4) is 0 Å². The molecule has 110 valence electrons. The van der Waals surface area contributed by atoms with E-state index in [0.717, 1.165) is 19.3 Å². The first kappa shape index (κ1) is 13.9. The molecule has 3 atom stereocenters. The molecule has 2 saturated heterocycles. The van der Waals surface area contributed by atoms with E-state index in [1.807, 2.05) is 0 Å². The Hall–Kier alpha value is -1.07. The lowest BCUT2D eigenvalue weighted by molar-refractivity contribution is -0.132. The van der Waals surface area contributed by atoms with Crippen LogP contribution in [0.3, 0.4) is 0 Å². The summed E-state index contributed by atoms with van der Waals surface area (Å²) < 4.78 is 1.75. The maximum absolute atomic E-state index is 12.6. The van der Waals surface area contributed by atoms with E-state index in [1.165, 1.54) is 6.42 Å². The summed E-state index contributed by atoms with van der Waals surface area (Å²) in [6.07, 6.45) is 7.60. The van der Waals surface area contributed by atoms with Gasteiger partial charge in [0.15, 0.2) is 0 Å². The molecule has 0 radical (unpaired) electrons. The van der Waals surface area contributed by atoms with Gasteiger partial charge in [-0.25, -0.2) is 0 Å². The molecular weight excluding hydrogens is 276 g/mol. The first-order valence-corrected chi connectivity index (χ1v) is 7.74. The Morgan fingerprint density at radius 2 is 2.50 bits per heavy atom. The Balaban J connectivity index is 1.56. The van der Waals surface area contributed by atoms with Crippen molar-refractivity contribution in [2.45, 2.75) is 51.2 Å². The number of carbonyl (C=O) groups excluding carboxylic acids is 1. The smallest absolute Gasteiger partial charge is 0.227 e. The third-order valence-electron chi connectivity index (χ3n) is 4.83. The molecule has 0 aliphatic carbocycles. The Morgan fingerprint density at radius 1 is 1.65 bits per heavy atom. The fourth-order valence-electron chi connectivity index (χ4n) is 3.72. The van der Waals surface area contributed by atoms with Crippen molar-refractivity contribution in [1.29, 1.82) is 0 Å². The molecule has 2 N–H and O–H groups in total. The highest BCUT2D eigenvalue weighted by molar-refractivity contribution is 6.30. The van der Waals surface area contributed by atoms with Crippen LogP contribution in [0.1, 0.15) is 32.6 Å². The zero-order valence-corrected chi connectivity index (χ0v) is 12.5. The highest BCUT2D eigenvalue weighted by Gasteiger charge is 2.54. The zero-order chi connectivity index (χ0) is 14.2. The monoisotopic (exact) mass is 296 g/mol. The van der Waals surface area contributed by atoms with Gasteiger partial charge in [0, 0.05) is 24.8 Å². The van der Waals surface area contributed by atoms with Gasteiger partial charge in [-0.15, -0.1) is 0 Å². The lowest BCUT2D eigenvalue weighted by Gasteiger charge is -2.34. The van der Waals surface area contributed by atoms with Crippen molar-refractivity contribution >= 4 is 17.5 Å². The number of fused-ring (bicyclic) bond motifs is 2. The van der Waals surface area contributed by atoms with E-state index in [0.29, 0.717) is 30.2 Å². The summed E-state index contributed by atoms with van der Waals surface area (Å²) in [6, 6.07) is 0.896. The number of rotatable bonds is 5. The number of hydrogen-bond donors (Lipinski definition) is 2. The average molecular weight is 297 g/mol. The number of nitrogens with zero attached hydrogens (tertiary/aromatic N) is 2. The van der Waals surface area contributed by atoms with Crippen molar-refractivity contribution in [1.82, 2.24) is 20.4 Å². The minimum absolute atomic E-state index is 0.193. The van der Waals surface area contributed by atoms with Gasteiger partial charge in [0.1, 0.15) is 0 Å². The summed E-state index contributed by atoms with van der Waals surface area (Å²) in [4.78, 5) is 12.6. The molecule has 2 bridgehead atoms. The van der Waals surface area contributed by atoms with Crippen LogP contribution in [0.4, 0.5) is 0 Å². The maximum Gasteiger partial charge on any atom is 0.227 e. The topological polar surface area (TPSA) is 59.0 Å². The molecule has 1 aromatic heterocycles. The molecule has 0 saturated carbocycles. The number of amides is 1. The molecule has 1 amide bonds. The van der Waals surface area contributed by atoms with Crippen LogP contribution in [0.5, 0.6) is 0 Å². The van der Waals surface area contributed by atoms with Crippen LogP contribution >= 0.6 is 11.6 Å². The molecule has 2 fully saturated rings. The second-order valence-corrected chi connectivity index (χ2v) is 6.32. The quantitative estimate of drug-likeness (QED) is 0.867. The fraction of sp³-hybridized carbons (Fsp3) is 0.714. The highest BCUT2D eigenvalue weighted by atomic mass is 35.5. The number of hydrogen-bond acceptors (Lipinski definition) is 3. The molecule has 0 aromatic carbocycles. The Morgan fingerprint density at radius 3 is 3.05 bits per heavy atom. The van der Waals surface area contributed by atoms with Gasteiger partial charge in [-0.1, -0.05) is 18.5 Å². The number of aromatic nitrogens is 2. The van der Waals surface area contributed by atoms with E-state index in [1.54, 1.807) is 17.1 Å². The molecule has 20 heavy (non-hydrogen) atoms. The average Bonchev–Trinajstić information content (AvgIpc) is 3.14. The van der Waals surface area contributed by atoms with Gasteiger partial charge in [-0.2, -0.15) is 5.10 Å². The second kappa shape index (κ2) is 5.37. The van der Waals surface area contributed by atoms with Gasteiger partial charge < -0.3 is 10.6 Å². The summed E-state index contributed by atoms with van der Waals surface area (Å²) in [5, 5.41) is 11.4. The molecule has 0 spiro atoms. The molecule has 2 aliphatic rings. The SMILES string of the molecule is CC[C@@]1(C(=O)NCCn2cc(Cl)cn2)C[C@@H]2CC[C@H]1N2. The van der Waals surface area contributed by atoms with E-state index >= 15 is 0 Å². The lowest BCUT2D eigenvalue weighted by atomic mass is 9.71. The predicted molar refractivity (Wildman–Crippen MR) is 77.5 cm³/mol. The fourth-order valence-corrected chi connectivity index (χ4v) is 3.88. The zero-order valence-electron chi connectivity index (χ0n) is 11.7. The van der Waals surface area contributed by atoms with Crippen LogP contribution in [0.2, 0.25) is 5.02 Å². The van der Waals surface area contributed by atoms with Crippen LogP contribution in [0, 0.1) is 5.41 Å². The summed E-state index contributed by atoms with van der Waals surface area (Å²) in [5.74, 6) is 0.193. The van der Waals surface area contributed by atoms with Gasteiger partial charge in [0.2, 0.25) is 5.91 Å². The van der Waals surface area contributed by atoms with E-state index in [4.69, 9.17) is 11.6 Å². The van der Waals surface area contributed by atoms with Gasteiger partial charge in [0.05, 0.1) is 23.2 Å². The van der Waals surface area contributed by atoms with Crippen molar-refractivity contribution in [3.63, 3.8) is 0 Å². The maximum atomic E-state index is 12.6. The van der Waals surface area contributed by atoms with Crippen LogP contribution in [0.15, 0.2) is 12.4 Å². The summed E-state index contributed by atoms with van der Waals surface area (Å²) >= 11 is 5.81. The predicted octanol–water partition coefficient (Wildman–Crippen LogP) is 1.57.